The predicted molar refractivity (Wildman–Crippen MR) is 224 cm³/mol. The van der Waals surface area contributed by atoms with Crippen molar-refractivity contribution < 1.29 is 29.0 Å². The van der Waals surface area contributed by atoms with Crippen LogP contribution >= 0.6 is 0 Å². The average Bonchev–Trinajstić information content (AvgIpc) is 3.11. The van der Waals surface area contributed by atoms with E-state index in [9.17, 15) is 14.4 Å². The van der Waals surface area contributed by atoms with Gasteiger partial charge < -0.3 is 14.6 Å². The molecule has 0 aromatic heterocycles. The number of hydrogen-bond donors (Lipinski definition) is 1. The number of ether oxygens (including phenoxy) is 2. The zero-order valence-corrected chi connectivity index (χ0v) is 35.2. The van der Waals surface area contributed by atoms with Gasteiger partial charge in [-0.25, -0.2) is 14.4 Å². The molecule has 52 heavy (non-hydrogen) atoms. The van der Waals surface area contributed by atoms with Crippen molar-refractivity contribution in [3.8, 4) is 0 Å². The standard InChI is InChI=1S/C22H42O2.C20H38O2.C4H6O2/c1-4-5-6-7-8-9-10-11-12-13-14-15-16-17-18-19-20-24-22(23)21(2)3;1-4-5-6-7-8-9-10-11-12-13-14-15-16-17-18-22-20(21)19(2)3;1-3(2)4(5)6/h2,4-20H2,1,3H3;2,4-18H2,1,3H3;1H2,2H3,(H,5,6). The van der Waals surface area contributed by atoms with E-state index in [2.05, 4.69) is 33.6 Å². The summed E-state index contributed by atoms with van der Waals surface area (Å²) in [6, 6.07) is 0. The number of carbonyl (C=O) groups is 3. The second-order valence-corrected chi connectivity index (χ2v) is 14.8. The number of hydrogen-bond acceptors (Lipinski definition) is 5. The topological polar surface area (TPSA) is 89.9 Å². The molecular formula is C46H86O6. The van der Waals surface area contributed by atoms with E-state index in [0.717, 1.165) is 12.8 Å². The molecular weight excluding hydrogens is 649 g/mol. The Morgan fingerprint density at radius 2 is 0.538 bits per heavy atom. The summed E-state index contributed by atoms with van der Waals surface area (Å²) in [6.45, 7) is 20.8. The first kappa shape index (κ1) is 54.0. The van der Waals surface area contributed by atoms with E-state index in [-0.39, 0.29) is 17.5 Å². The molecule has 0 atom stereocenters. The molecule has 0 bridgehead atoms. The molecule has 0 aromatic carbocycles. The second kappa shape index (κ2) is 44.8. The number of unbranched alkanes of at least 4 members (excludes halogenated alkanes) is 28. The largest absolute Gasteiger partial charge is 0.478 e. The summed E-state index contributed by atoms with van der Waals surface area (Å²) in [7, 11) is 0. The molecule has 0 fully saturated rings. The highest BCUT2D eigenvalue weighted by atomic mass is 16.5. The van der Waals surface area contributed by atoms with Gasteiger partial charge >= 0.3 is 17.9 Å². The van der Waals surface area contributed by atoms with Gasteiger partial charge in [-0.3, -0.25) is 0 Å². The van der Waals surface area contributed by atoms with E-state index < -0.39 is 5.97 Å². The van der Waals surface area contributed by atoms with E-state index in [4.69, 9.17) is 14.6 Å². The predicted octanol–water partition coefficient (Wildman–Crippen LogP) is 14.6. The monoisotopic (exact) mass is 735 g/mol. The van der Waals surface area contributed by atoms with Crippen LogP contribution in [0, 0.1) is 0 Å². The minimum Gasteiger partial charge on any atom is -0.478 e. The first-order valence-electron chi connectivity index (χ1n) is 21.5. The lowest BCUT2D eigenvalue weighted by Gasteiger charge is -2.05. The van der Waals surface area contributed by atoms with Crippen molar-refractivity contribution in [3.63, 3.8) is 0 Å². The van der Waals surface area contributed by atoms with Crippen molar-refractivity contribution in [2.24, 2.45) is 0 Å². The van der Waals surface area contributed by atoms with E-state index in [0.29, 0.717) is 24.4 Å². The van der Waals surface area contributed by atoms with Gasteiger partial charge in [-0.05, 0) is 33.6 Å². The molecule has 0 heterocycles. The lowest BCUT2D eigenvalue weighted by Crippen LogP contribution is -2.05. The van der Waals surface area contributed by atoms with Crippen LogP contribution in [0.5, 0.6) is 0 Å². The van der Waals surface area contributed by atoms with E-state index in [1.54, 1.807) is 13.8 Å². The third-order valence-corrected chi connectivity index (χ3v) is 9.02. The van der Waals surface area contributed by atoms with Crippen LogP contribution in [0.1, 0.15) is 227 Å². The van der Waals surface area contributed by atoms with Gasteiger partial charge in [0.15, 0.2) is 0 Å². The maximum absolute atomic E-state index is 11.2. The molecule has 0 saturated heterocycles. The zero-order valence-electron chi connectivity index (χ0n) is 35.2. The number of carbonyl (C=O) groups excluding carboxylic acids is 2. The number of aliphatic carboxylic acids is 1. The minimum absolute atomic E-state index is 0.176. The Bertz CT molecular complexity index is 849. The van der Waals surface area contributed by atoms with E-state index in [1.807, 2.05) is 0 Å². The normalized spacial score (nSPS) is 10.3. The molecule has 0 aliphatic carbocycles. The van der Waals surface area contributed by atoms with Crippen molar-refractivity contribution >= 4 is 17.9 Å². The van der Waals surface area contributed by atoms with Crippen molar-refractivity contribution in [1.29, 1.82) is 0 Å². The van der Waals surface area contributed by atoms with Crippen LogP contribution in [0.25, 0.3) is 0 Å². The van der Waals surface area contributed by atoms with Gasteiger partial charge in [0, 0.05) is 16.7 Å². The van der Waals surface area contributed by atoms with Crippen LogP contribution in [0.4, 0.5) is 0 Å². The zero-order chi connectivity index (χ0) is 39.5. The van der Waals surface area contributed by atoms with Gasteiger partial charge in [-0.2, -0.15) is 0 Å². The summed E-state index contributed by atoms with van der Waals surface area (Å²) in [5, 5.41) is 7.89. The summed E-state index contributed by atoms with van der Waals surface area (Å²) in [6.07, 6.45) is 40.5. The maximum atomic E-state index is 11.2. The fourth-order valence-electron chi connectivity index (χ4n) is 5.52. The Kier molecular flexibility index (Phi) is 46.5. The first-order chi connectivity index (χ1) is 25.0. The number of carboxylic acids is 1. The Morgan fingerprint density at radius 1 is 0.365 bits per heavy atom. The fraction of sp³-hybridized carbons (Fsp3) is 0.804. The number of esters is 2. The van der Waals surface area contributed by atoms with Crippen molar-refractivity contribution in [2.45, 2.75) is 227 Å². The third kappa shape index (κ3) is 49.7. The Hall–Kier alpha value is -2.37. The van der Waals surface area contributed by atoms with E-state index in [1.165, 1.54) is 187 Å². The van der Waals surface area contributed by atoms with Crippen LogP contribution in [0.15, 0.2) is 36.5 Å². The summed E-state index contributed by atoms with van der Waals surface area (Å²) in [4.78, 5) is 31.9. The number of carboxylic acid groups (broad SMARTS) is 1. The van der Waals surface area contributed by atoms with Crippen LogP contribution in [-0.2, 0) is 23.9 Å². The smallest absolute Gasteiger partial charge is 0.333 e. The van der Waals surface area contributed by atoms with Gasteiger partial charge in [-0.15, -0.1) is 0 Å². The second-order valence-electron chi connectivity index (χ2n) is 14.8. The Morgan fingerprint density at radius 3 is 0.692 bits per heavy atom. The summed E-state index contributed by atoms with van der Waals surface area (Å²) >= 11 is 0. The molecule has 0 rings (SSSR count). The molecule has 0 aliphatic heterocycles. The first-order valence-corrected chi connectivity index (χ1v) is 21.5. The molecule has 1 N–H and O–H groups in total. The fourth-order valence-corrected chi connectivity index (χ4v) is 5.52. The third-order valence-electron chi connectivity index (χ3n) is 9.02. The van der Waals surface area contributed by atoms with Gasteiger partial charge in [0.25, 0.3) is 0 Å². The summed E-state index contributed by atoms with van der Waals surface area (Å²) in [5.74, 6) is -1.44. The van der Waals surface area contributed by atoms with Gasteiger partial charge in [-0.1, -0.05) is 213 Å². The van der Waals surface area contributed by atoms with Crippen LogP contribution < -0.4 is 0 Å². The highest BCUT2D eigenvalue weighted by Crippen LogP contribution is 2.15. The molecule has 0 amide bonds. The van der Waals surface area contributed by atoms with Crippen LogP contribution in [0.3, 0.4) is 0 Å². The Labute approximate surface area is 323 Å². The molecule has 0 unspecified atom stereocenters. The molecule has 6 heteroatoms. The molecule has 0 radical (unpaired) electrons. The van der Waals surface area contributed by atoms with Gasteiger partial charge in [0.2, 0.25) is 0 Å². The molecule has 6 nitrogen and oxygen atoms in total. The van der Waals surface area contributed by atoms with Crippen molar-refractivity contribution in [2.75, 3.05) is 13.2 Å². The van der Waals surface area contributed by atoms with Gasteiger partial charge in [0.1, 0.15) is 0 Å². The highest BCUT2D eigenvalue weighted by Gasteiger charge is 2.03. The molecule has 0 aliphatic rings. The molecule has 0 saturated carbocycles. The van der Waals surface area contributed by atoms with Crippen LogP contribution in [0.2, 0.25) is 0 Å². The Balaban J connectivity index is -0.000000799. The molecule has 0 spiro atoms. The lowest BCUT2D eigenvalue weighted by molar-refractivity contribution is -0.139. The summed E-state index contributed by atoms with van der Waals surface area (Å²) < 4.78 is 10.2. The van der Waals surface area contributed by atoms with Gasteiger partial charge in [0.05, 0.1) is 13.2 Å². The summed E-state index contributed by atoms with van der Waals surface area (Å²) in [5.41, 5.74) is 1.16. The van der Waals surface area contributed by atoms with E-state index >= 15 is 0 Å². The highest BCUT2D eigenvalue weighted by molar-refractivity contribution is 5.87. The van der Waals surface area contributed by atoms with Crippen LogP contribution in [-0.4, -0.2) is 36.2 Å². The average molecular weight is 735 g/mol. The van der Waals surface area contributed by atoms with Crippen molar-refractivity contribution in [1.82, 2.24) is 0 Å². The lowest BCUT2D eigenvalue weighted by atomic mass is 10.0. The number of rotatable bonds is 35. The quantitative estimate of drug-likeness (QED) is 0.0396. The van der Waals surface area contributed by atoms with Crippen molar-refractivity contribution in [3.05, 3.63) is 36.5 Å². The molecule has 0 aromatic rings. The molecule has 306 valence electrons. The SMILES string of the molecule is C=C(C)C(=O)O.C=C(C)C(=O)OCCCCCCCCCCCCCCCC.C=C(C)C(=O)OCCCCCCCCCCCCCCCCCC. The maximum Gasteiger partial charge on any atom is 0.333 e. The minimum atomic E-state index is -0.935.